The van der Waals surface area contributed by atoms with Crippen molar-refractivity contribution >= 4 is 23.1 Å². The lowest BCUT2D eigenvalue weighted by atomic mass is 10.0. The topological polar surface area (TPSA) is 55.1 Å². The van der Waals surface area contributed by atoms with E-state index in [1.165, 1.54) is 19.3 Å². The number of thiocarbonyl (C=S) groups is 1. The molecule has 3 fully saturated rings. The van der Waals surface area contributed by atoms with Crippen LogP contribution in [0.3, 0.4) is 0 Å². The summed E-state index contributed by atoms with van der Waals surface area (Å²) in [6.45, 7) is 2.07. The van der Waals surface area contributed by atoms with Gasteiger partial charge in [-0.2, -0.15) is 0 Å². The predicted octanol–water partition coefficient (Wildman–Crippen LogP) is 1.85. The lowest BCUT2D eigenvalue weighted by molar-refractivity contribution is -0.124. The molecule has 0 aromatic heterocycles. The van der Waals surface area contributed by atoms with Gasteiger partial charge in [0.15, 0.2) is 0 Å². The second kappa shape index (κ2) is 4.48. The van der Waals surface area contributed by atoms with Crippen molar-refractivity contribution in [1.82, 2.24) is 5.32 Å². The molecular formula is C14H22N2OS. The van der Waals surface area contributed by atoms with Crippen LogP contribution >= 0.6 is 12.2 Å². The number of carbonyl (C=O) groups excluding carboxylic acids is 1. The second-order valence-corrected chi connectivity index (χ2v) is 6.82. The van der Waals surface area contributed by atoms with E-state index in [0.717, 1.165) is 18.3 Å². The molecule has 3 aliphatic carbocycles. The lowest BCUT2D eigenvalue weighted by Gasteiger charge is -2.17. The molecule has 0 saturated heterocycles. The maximum absolute atomic E-state index is 12.3. The van der Waals surface area contributed by atoms with Crippen LogP contribution in [0, 0.1) is 29.6 Å². The van der Waals surface area contributed by atoms with Gasteiger partial charge in [-0.3, -0.25) is 4.79 Å². The Hall–Kier alpha value is -0.640. The zero-order valence-electron chi connectivity index (χ0n) is 10.9. The minimum absolute atomic E-state index is 0.133. The summed E-state index contributed by atoms with van der Waals surface area (Å²) in [5, 5.41) is 3.15. The highest BCUT2D eigenvalue weighted by molar-refractivity contribution is 7.80. The van der Waals surface area contributed by atoms with Gasteiger partial charge in [-0.25, -0.2) is 0 Å². The van der Waals surface area contributed by atoms with Crippen LogP contribution in [0.4, 0.5) is 0 Å². The van der Waals surface area contributed by atoms with Crippen molar-refractivity contribution in [2.45, 2.75) is 45.1 Å². The number of amides is 1. The van der Waals surface area contributed by atoms with E-state index in [4.69, 9.17) is 18.0 Å². The first-order valence-electron chi connectivity index (χ1n) is 7.20. The van der Waals surface area contributed by atoms with Crippen molar-refractivity contribution in [1.29, 1.82) is 0 Å². The van der Waals surface area contributed by atoms with E-state index in [0.29, 0.717) is 29.2 Å². The Morgan fingerprint density at radius 1 is 1.39 bits per heavy atom. The van der Waals surface area contributed by atoms with Gasteiger partial charge in [-0.05, 0) is 49.4 Å². The molecule has 3 saturated carbocycles. The minimum Gasteiger partial charge on any atom is -0.393 e. The lowest BCUT2D eigenvalue weighted by Crippen LogP contribution is -2.38. The largest absolute Gasteiger partial charge is 0.393 e. The Bertz CT molecular complexity index is 368. The van der Waals surface area contributed by atoms with Crippen LogP contribution in [0.25, 0.3) is 0 Å². The number of carbonyl (C=O) groups is 1. The van der Waals surface area contributed by atoms with E-state index >= 15 is 0 Å². The molecule has 3 N–H and O–H groups in total. The molecule has 3 aliphatic rings. The molecule has 100 valence electrons. The zero-order chi connectivity index (χ0) is 12.9. The standard InChI is InChI=1S/C14H22N2OS/c1-2-9(6-10(15)18)16-14(17)13-11-7-3-4-8(5-7)12(11)13/h7-9,11-13H,2-6H2,1H3,(H2,15,18)(H,16,17). The molecule has 2 bridgehead atoms. The van der Waals surface area contributed by atoms with Crippen molar-refractivity contribution in [3.05, 3.63) is 0 Å². The molecule has 0 radical (unpaired) electrons. The summed E-state index contributed by atoms with van der Waals surface area (Å²) in [4.78, 5) is 12.8. The van der Waals surface area contributed by atoms with Crippen molar-refractivity contribution in [3.63, 3.8) is 0 Å². The van der Waals surface area contributed by atoms with Gasteiger partial charge < -0.3 is 11.1 Å². The normalized spacial score (nSPS) is 41.3. The van der Waals surface area contributed by atoms with E-state index in [1.54, 1.807) is 0 Å². The summed E-state index contributed by atoms with van der Waals surface area (Å²) < 4.78 is 0. The summed E-state index contributed by atoms with van der Waals surface area (Å²) in [6, 6.07) is 0.133. The van der Waals surface area contributed by atoms with Crippen LogP contribution < -0.4 is 11.1 Å². The molecule has 4 heteroatoms. The van der Waals surface area contributed by atoms with Gasteiger partial charge in [-0.15, -0.1) is 0 Å². The van der Waals surface area contributed by atoms with Gasteiger partial charge in [0.1, 0.15) is 0 Å². The Labute approximate surface area is 114 Å². The number of nitrogens with two attached hydrogens (primary N) is 1. The third-order valence-electron chi connectivity index (χ3n) is 5.32. The van der Waals surface area contributed by atoms with Gasteiger partial charge in [0, 0.05) is 18.4 Å². The first-order chi connectivity index (χ1) is 8.61. The van der Waals surface area contributed by atoms with E-state index in [-0.39, 0.29) is 11.9 Å². The number of hydrogen-bond donors (Lipinski definition) is 2. The highest BCUT2D eigenvalue weighted by atomic mass is 32.1. The van der Waals surface area contributed by atoms with Gasteiger partial charge in [0.25, 0.3) is 0 Å². The molecule has 3 rings (SSSR count). The van der Waals surface area contributed by atoms with Crippen molar-refractivity contribution < 1.29 is 4.79 Å². The minimum atomic E-state index is 0.133. The summed E-state index contributed by atoms with van der Waals surface area (Å²) in [7, 11) is 0. The number of rotatable bonds is 5. The third kappa shape index (κ3) is 1.94. The fraction of sp³-hybridized carbons (Fsp3) is 0.857. The first kappa shape index (κ1) is 12.4. The van der Waals surface area contributed by atoms with Crippen LogP contribution in [-0.2, 0) is 4.79 Å². The predicted molar refractivity (Wildman–Crippen MR) is 74.9 cm³/mol. The fourth-order valence-electron chi connectivity index (χ4n) is 4.51. The molecule has 0 aromatic carbocycles. The van der Waals surface area contributed by atoms with Crippen molar-refractivity contribution in [3.8, 4) is 0 Å². The van der Waals surface area contributed by atoms with Gasteiger partial charge in [0.2, 0.25) is 5.91 Å². The molecule has 0 aliphatic heterocycles. The molecule has 5 atom stereocenters. The maximum Gasteiger partial charge on any atom is 0.223 e. The molecule has 0 aromatic rings. The fourth-order valence-corrected chi connectivity index (χ4v) is 4.71. The third-order valence-corrected chi connectivity index (χ3v) is 5.49. The van der Waals surface area contributed by atoms with E-state index in [9.17, 15) is 4.79 Å². The second-order valence-electron chi connectivity index (χ2n) is 6.30. The Morgan fingerprint density at radius 3 is 2.50 bits per heavy atom. The SMILES string of the molecule is CCC(CC(N)=S)NC(=O)C1C2C3CCC(C3)C12. The molecular weight excluding hydrogens is 244 g/mol. The van der Waals surface area contributed by atoms with E-state index < -0.39 is 0 Å². The number of hydrogen-bond acceptors (Lipinski definition) is 2. The summed E-state index contributed by atoms with van der Waals surface area (Å²) in [5.74, 6) is 3.72. The Kier molecular flexibility index (Phi) is 3.08. The molecule has 0 heterocycles. The summed E-state index contributed by atoms with van der Waals surface area (Å²) in [6.07, 6.45) is 5.65. The molecule has 0 spiro atoms. The van der Waals surface area contributed by atoms with E-state index in [1.807, 2.05) is 0 Å². The van der Waals surface area contributed by atoms with Crippen molar-refractivity contribution in [2.24, 2.45) is 35.3 Å². The van der Waals surface area contributed by atoms with Crippen LogP contribution in [0.2, 0.25) is 0 Å². The van der Waals surface area contributed by atoms with Gasteiger partial charge >= 0.3 is 0 Å². The van der Waals surface area contributed by atoms with Crippen LogP contribution in [0.15, 0.2) is 0 Å². The summed E-state index contributed by atoms with van der Waals surface area (Å²) in [5.41, 5.74) is 5.56. The Balaban J connectivity index is 1.55. The van der Waals surface area contributed by atoms with Crippen LogP contribution in [0.5, 0.6) is 0 Å². The summed E-state index contributed by atoms with van der Waals surface area (Å²) >= 11 is 4.93. The van der Waals surface area contributed by atoms with Crippen LogP contribution in [0.1, 0.15) is 39.0 Å². The average Bonchev–Trinajstić information content (AvgIpc) is 2.77. The molecule has 5 unspecified atom stereocenters. The quantitative estimate of drug-likeness (QED) is 0.747. The maximum atomic E-state index is 12.3. The number of fused-ring (bicyclic) bond motifs is 5. The Morgan fingerprint density at radius 2 is 2.00 bits per heavy atom. The smallest absolute Gasteiger partial charge is 0.223 e. The average molecular weight is 266 g/mol. The monoisotopic (exact) mass is 266 g/mol. The molecule has 3 nitrogen and oxygen atoms in total. The van der Waals surface area contributed by atoms with E-state index in [2.05, 4.69) is 12.2 Å². The molecule has 1 amide bonds. The highest BCUT2D eigenvalue weighted by Crippen LogP contribution is 2.69. The highest BCUT2D eigenvalue weighted by Gasteiger charge is 2.67. The first-order valence-corrected chi connectivity index (χ1v) is 7.61. The zero-order valence-corrected chi connectivity index (χ0v) is 11.7. The van der Waals surface area contributed by atoms with Crippen molar-refractivity contribution in [2.75, 3.05) is 0 Å². The number of nitrogens with one attached hydrogen (secondary N) is 1. The van der Waals surface area contributed by atoms with Gasteiger partial charge in [0.05, 0.1) is 4.99 Å². The molecule has 18 heavy (non-hydrogen) atoms. The van der Waals surface area contributed by atoms with Gasteiger partial charge in [-0.1, -0.05) is 19.1 Å². The van der Waals surface area contributed by atoms with Crippen LogP contribution in [-0.4, -0.2) is 16.9 Å².